The number of sulfonamides is 1. The van der Waals surface area contributed by atoms with Gasteiger partial charge in [0, 0.05) is 22.8 Å². The van der Waals surface area contributed by atoms with Crippen molar-refractivity contribution < 1.29 is 8.42 Å². The molecule has 1 unspecified atom stereocenters. The van der Waals surface area contributed by atoms with E-state index >= 15 is 0 Å². The van der Waals surface area contributed by atoms with Gasteiger partial charge >= 0.3 is 0 Å². The van der Waals surface area contributed by atoms with Crippen LogP contribution in [0.1, 0.15) is 38.5 Å². The third-order valence-electron chi connectivity index (χ3n) is 3.50. The van der Waals surface area contributed by atoms with Crippen LogP contribution < -0.4 is 10.5 Å². The Morgan fingerprint density at radius 3 is 2.57 bits per heavy atom. The van der Waals surface area contributed by atoms with E-state index in [1.807, 2.05) is 6.92 Å². The fraction of sp³-hybridized carbons (Fsp3) is 0.714. The van der Waals surface area contributed by atoms with E-state index in [1.165, 1.54) is 11.3 Å². The van der Waals surface area contributed by atoms with E-state index < -0.39 is 10.0 Å². The van der Waals surface area contributed by atoms with Gasteiger partial charge in [0.15, 0.2) is 0 Å². The van der Waals surface area contributed by atoms with Gasteiger partial charge in [-0.3, -0.25) is 0 Å². The Labute approximate surface area is 132 Å². The predicted octanol–water partition coefficient (Wildman–Crippen LogP) is 2.00. The number of hydrogen-bond acceptors (Lipinski definition) is 5. The fourth-order valence-electron chi connectivity index (χ4n) is 2.16. The zero-order valence-electron chi connectivity index (χ0n) is 13.1. The summed E-state index contributed by atoms with van der Waals surface area (Å²) in [4.78, 5) is 3.54. The maximum Gasteiger partial charge on any atom is 0.241 e. The lowest BCUT2D eigenvalue weighted by Crippen LogP contribution is -2.33. The molecule has 0 aliphatic carbocycles. The summed E-state index contributed by atoms with van der Waals surface area (Å²) in [5.41, 5.74) is 5.52. The highest BCUT2D eigenvalue weighted by Gasteiger charge is 2.18. The number of nitrogens with two attached hydrogens (primary N) is 1. The lowest BCUT2D eigenvalue weighted by Gasteiger charge is -2.19. The summed E-state index contributed by atoms with van der Waals surface area (Å²) in [5.74, 6) is 0. The highest BCUT2D eigenvalue weighted by atomic mass is 32.2. The largest absolute Gasteiger partial charge is 0.326 e. The molecule has 5 nitrogen and oxygen atoms in total. The standard InChI is InChI=1S/C14H27N3O2S2/c1-4-17(5-2)8-6-7-12(3)16-21(18,19)14-9-13(10-15)20-11-14/h9,11-12,16H,4-8,10,15H2,1-3H3. The first kappa shape index (κ1) is 18.6. The van der Waals surface area contributed by atoms with Crippen molar-refractivity contribution in [2.45, 2.75) is 51.1 Å². The summed E-state index contributed by atoms with van der Waals surface area (Å²) in [6.45, 7) is 9.65. The molecule has 0 aliphatic heterocycles. The van der Waals surface area contributed by atoms with Crippen LogP contribution in [0.5, 0.6) is 0 Å². The molecule has 122 valence electrons. The van der Waals surface area contributed by atoms with Crippen molar-refractivity contribution in [1.29, 1.82) is 0 Å². The van der Waals surface area contributed by atoms with Gasteiger partial charge in [0.2, 0.25) is 10.0 Å². The van der Waals surface area contributed by atoms with Crippen molar-refractivity contribution in [3.8, 4) is 0 Å². The van der Waals surface area contributed by atoms with Crippen molar-refractivity contribution in [3.63, 3.8) is 0 Å². The maximum absolute atomic E-state index is 12.2. The van der Waals surface area contributed by atoms with Gasteiger partial charge in [-0.1, -0.05) is 13.8 Å². The van der Waals surface area contributed by atoms with Crippen LogP contribution in [-0.2, 0) is 16.6 Å². The summed E-state index contributed by atoms with van der Waals surface area (Å²) in [5, 5.41) is 1.65. The van der Waals surface area contributed by atoms with E-state index in [-0.39, 0.29) is 6.04 Å². The molecule has 0 bridgehead atoms. The van der Waals surface area contributed by atoms with Crippen molar-refractivity contribution in [1.82, 2.24) is 9.62 Å². The van der Waals surface area contributed by atoms with Crippen LogP contribution >= 0.6 is 11.3 Å². The molecule has 0 radical (unpaired) electrons. The minimum atomic E-state index is -3.42. The molecule has 0 spiro atoms. The summed E-state index contributed by atoms with van der Waals surface area (Å²) in [7, 11) is -3.42. The summed E-state index contributed by atoms with van der Waals surface area (Å²) < 4.78 is 27.2. The highest BCUT2D eigenvalue weighted by Crippen LogP contribution is 2.19. The van der Waals surface area contributed by atoms with Gasteiger partial charge in [0.1, 0.15) is 0 Å². The van der Waals surface area contributed by atoms with E-state index in [4.69, 9.17) is 5.73 Å². The quantitative estimate of drug-likeness (QED) is 0.687. The molecule has 0 saturated carbocycles. The third-order valence-corrected chi connectivity index (χ3v) is 6.18. The number of rotatable bonds is 10. The van der Waals surface area contributed by atoms with Crippen LogP contribution in [0.25, 0.3) is 0 Å². The average molecular weight is 334 g/mol. The second kappa shape index (κ2) is 8.85. The maximum atomic E-state index is 12.2. The normalized spacial score (nSPS) is 13.8. The van der Waals surface area contributed by atoms with Crippen LogP contribution in [0.4, 0.5) is 0 Å². The molecule has 3 N–H and O–H groups in total. The molecule has 0 saturated heterocycles. The SMILES string of the molecule is CCN(CC)CCCC(C)NS(=O)(=O)c1csc(CN)c1. The van der Waals surface area contributed by atoms with Crippen LogP contribution in [0.15, 0.2) is 16.3 Å². The molecule has 1 aromatic rings. The van der Waals surface area contributed by atoms with Crippen LogP contribution in [0.2, 0.25) is 0 Å². The van der Waals surface area contributed by atoms with Gasteiger partial charge in [-0.15, -0.1) is 11.3 Å². The van der Waals surface area contributed by atoms with Crippen LogP contribution in [0.3, 0.4) is 0 Å². The minimum absolute atomic E-state index is 0.0632. The third kappa shape index (κ3) is 6.04. The Balaban J connectivity index is 2.47. The van der Waals surface area contributed by atoms with Gasteiger partial charge in [-0.2, -0.15) is 0 Å². The molecule has 1 rings (SSSR count). The minimum Gasteiger partial charge on any atom is -0.326 e. The molecule has 0 amide bonds. The number of thiophene rings is 1. The van der Waals surface area contributed by atoms with Gasteiger partial charge in [0.05, 0.1) is 4.90 Å². The summed E-state index contributed by atoms with van der Waals surface area (Å²) in [6, 6.07) is 1.59. The Bertz CT molecular complexity index is 510. The number of nitrogens with one attached hydrogen (secondary N) is 1. The zero-order chi connectivity index (χ0) is 15.9. The Morgan fingerprint density at radius 2 is 2.05 bits per heavy atom. The Hall–Kier alpha value is -0.470. The topological polar surface area (TPSA) is 75.4 Å². The van der Waals surface area contributed by atoms with Gasteiger partial charge in [0.25, 0.3) is 0 Å². The predicted molar refractivity (Wildman–Crippen MR) is 89.0 cm³/mol. The smallest absolute Gasteiger partial charge is 0.241 e. The monoisotopic (exact) mass is 333 g/mol. The van der Waals surface area contributed by atoms with Crippen molar-refractivity contribution >= 4 is 21.4 Å². The molecule has 1 atom stereocenters. The first-order chi connectivity index (χ1) is 9.92. The van der Waals surface area contributed by atoms with Gasteiger partial charge in [-0.25, -0.2) is 13.1 Å². The average Bonchev–Trinajstić information content (AvgIpc) is 2.93. The van der Waals surface area contributed by atoms with Crippen molar-refractivity contribution in [2.24, 2.45) is 5.73 Å². The van der Waals surface area contributed by atoms with E-state index in [0.717, 1.165) is 37.4 Å². The van der Waals surface area contributed by atoms with Crippen molar-refractivity contribution in [3.05, 3.63) is 16.3 Å². The van der Waals surface area contributed by atoms with E-state index in [0.29, 0.717) is 11.4 Å². The van der Waals surface area contributed by atoms with E-state index in [2.05, 4.69) is 23.5 Å². The van der Waals surface area contributed by atoms with Gasteiger partial charge < -0.3 is 10.6 Å². The molecule has 21 heavy (non-hydrogen) atoms. The molecule has 0 aliphatic rings. The summed E-state index contributed by atoms with van der Waals surface area (Å²) in [6.07, 6.45) is 1.83. The van der Waals surface area contributed by atoms with Crippen LogP contribution in [-0.4, -0.2) is 39.0 Å². The molecular weight excluding hydrogens is 306 g/mol. The summed E-state index contributed by atoms with van der Waals surface area (Å²) >= 11 is 1.38. The number of nitrogens with zero attached hydrogens (tertiary/aromatic N) is 1. The fourth-order valence-corrected chi connectivity index (χ4v) is 4.59. The first-order valence-electron chi connectivity index (χ1n) is 7.45. The molecule has 0 aromatic carbocycles. The lowest BCUT2D eigenvalue weighted by molar-refractivity contribution is 0.293. The molecule has 1 aromatic heterocycles. The Morgan fingerprint density at radius 1 is 1.38 bits per heavy atom. The first-order valence-corrected chi connectivity index (χ1v) is 9.81. The molecule has 0 fully saturated rings. The molecule has 7 heteroatoms. The second-order valence-electron chi connectivity index (χ2n) is 5.14. The van der Waals surface area contributed by atoms with E-state index in [9.17, 15) is 8.42 Å². The second-order valence-corrected chi connectivity index (χ2v) is 7.85. The lowest BCUT2D eigenvalue weighted by atomic mass is 10.2. The van der Waals surface area contributed by atoms with Gasteiger partial charge in [-0.05, 0) is 45.5 Å². The molecular formula is C14H27N3O2S2. The van der Waals surface area contributed by atoms with Crippen LogP contribution in [0, 0.1) is 0 Å². The van der Waals surface area contributed by atoms with Crippen molar-refractivity contribution in [2.75, 3.05) is 19.6 Å². The highest BCUT2D eigenvalue weighted by molar-refractivity contribution is 7.89. The number of hydrogen-bond donors (Lipinski definition) is 2. The Kier molecular flexibility index (Phi) is 7.83. The van der Waals surface area contributed by atoms with E-state index in [1.54, 1.807) is 11.4 Å². The molecule has 1 heterocycles. The zero-order valence-corrected chi connectivity index (χ0v) is 14.8.